The summed E-state index contributed by atoms with van der Waals surface area (Å²) in [6, 6.07) is 8.30. The summed E-state index contributed by atoms with van der Waals surface area (Å²) in [5.41, 5.74) is 1.30. The predicted octanol–water partition coefficient (Wildman–Crippen LogP) is 2.28. The van der Waals surface area contributed by atoms with Gasteiger partial charge in [0.1, 0.15) is 11.9 Å². The minimum atomic E-state index is 0.188. The van der Waals surface area contributed by atoms with Crippen LogP contribution in [0, 0.1) is 5.92 Å². The molecule has 1 saturated heterocycles. The van der Waals surface area contributed by atoms with Gasteiger partial charge >= 0.3 is 0 Å². The van der Waals surface area contributed by atoms with Crippen molar-refractivity contribution in [2.75, 3.05) is 39.8 Å². The molecule has 0 spiro atoms. The summed E-state index contributed by atoms with van der Waals surface area (Å²) in [5, 5.41) is 6.91. The number of hydrogen-bond donors (Lipinski definition) is 2. The van der Waals surface area contributed by atoms with Crippen LogP contribution in [-0.4, -0.2) is 56.7 Å². The molecule has 1 unspecified atom stereocenters. The highest BCUT2D eigenvalue weighted by Gasteiger charge is 2.23. The number of rotatable bonds is 6. The summed E-state index contributed by atoms with van der Waals surface area (Å²) in [6.07, 6.45) is 4.98. The summed E-state index contributed by atoms with van der Waals surface area (Å²) in [5.74, 6) is 2.66. The SMILES string of the molecule is CCCN1CCC(CNC(=NC)NCC2Cc3ccccc3O2)CC1. The molecular formula is C20H32N4O. The Morgan fingerprint density at radius 2 is 1.96 bits per heavy atom. The van der Waals surface area contributed by atoms with Crippen LogP contribution in [0.25, 0.3) is 0 Å². The van der Waals surface area contributed by atoms with Crippen molar-refractivity contribution >= 4 is 5.96 Å². The number of nitrogens with one attached hydrogen (secondary N) is 2. The first-order valence-corrected chi connectivity index (χ1v) is 9.70. The highest BCUT2D eigenvalue weighted by atomic mass is 16.5. The Morgan fingerprint density at radius 1 is 1.20 bits per heavy atom. The lowest BCUT2D eigenvalue weighted by Crippen LogP contribution is -2.45. The minimum Gasteiger partial charge on any atom is -0.488 e. The van der Waals surface area contributed by atoms with Gasteiger partial charge in [-0.05, 0) is 56.4 Å². The van der Waals surface area contributed by atoms with E-state index < -0.39 is 0 Å². The number of benzene rings is 1. The topological polar surface area (TPSA) is 48.9 Å². The molecule has 2 aliphatic heterocycles. The summed E-state index contributed by atoms with van der Waals surface area (Å²) in [7, 11) is 1.84. The van der Waals surface area contributed by atoms with Crippen LogP contribution in [0.1, 0.15) is 31.7 Å². The van der Waals surface area contributed by atoms with Crippen molar-refractivity contribution in [1.29, 1.82) is 0 Å². The summed E-state index contributed by atoms with van der Waals surface area (Å²) in [6.45, 7) is 7.76. The van der Waals surface area contributed by atoms with E-state index >= 15 is 0 Å². The molecule has 5 nitrogen and oxygen atoms in total. The number of likely N-dealkylation sites (tertiary alicyclic amines) is 1. The van der Waals surface area contributed by atoms with E-state index in [1.807, 2.05) is 19.2 Å². The largest absolute Gasteiger partial charge is 0.488 e. The van der Waals surface area contributed by atoms with Crippen LogP contribution >= 0.6 is 0 Å². The monoisotopic (exact) mass is 344 g/mol. The molecule has 5 heteroatoms. The molecule has 0 amide bonds. The fraction of sp³-hybridized carbons (Fsp3) is 0.650. The van der Waals surface area contributed by atoms with E-state index in [0.29, 0.717) is 0 Å². The number of fused-ring (bicyclic) bond motifs is 1. The van der Waals surface area contributed by atoms with E-state index in [0.717, 1.165) is 37.1 Å². The first-order valence-electron chi connectivity index (χ1n) is 9.70. The van der Waals surface area contributed by atoms with E-state index in [2.05, 4.69) is 39.6 Å². The summed E-state index contributed by atoms with van der Waals surface area (Å²) >= 11 is 0. The predicted molar refractivity (Wildman–Crippen MR) is 103 cm³/mol. The smallest absolute Gasteiger partial charge is 0.191 e. The molecule has 1 aromatic carbocycles. The molecule has 1 atom stereocenters. The molecule has 0 aromatic heterocycles. The van der Waals surface area contributed by atoms with Crippen LogP contribution in [0.3, 0.4) is 0 Å². The Hall–Kier alpha value is -1.75. The second-order valence-corrected chi connectivity index (χ2v) is 7.17. The third-order valence-corrected chi connectivity index (χ3v) is 5.24. The van der Waals surface area contributed by atoms with Gasteiger partial charge in [-0.3, -0.25) is 4.99 Å². The Balaban J connectivity index is 1.35. The number of hydrogen-bond acceptors (Lipinski definition) is 3. The zero-order chi connectivity index (χ0) is 17.5. The van der Waals surface area contributed by atoms with Gasteiger partial charge in [0.2, 0.25) is 0 Å². The van der Waals surface area contributed by atoms with E-state index in [9.17, 15) is 0 Å². The maximum Gasteiger partial charge on any atom is 0.191 e. The maximum atomic E-state index is 5.98. The molecule has 25 heavy (non-hydrogen) atoms. The van der Waals surface area contributed by atoms with Crippen LogP contribution in [0.4, 0.5) is 0 Å². The van der Waals surface area contributed by atoms with Crippen molar-refractivity contribution in [3.63, 3.8) is 0 Å². The summed E-state index contributed by atoms with van der Waals surface area (Å²) < 4.78 is 5.98. The number of para-hydroxylation sites is 1. The molecule has 0 radical (unpaired) electrons. The lowest BCUT2D eigenvalue weighted by atomic mass is 9.97. The van der Waals surface area contributed by atoms with Crippen molar-refractivity contribution in [3.8, 4) is 5.75 Å². The summed E-state index contributed by atoms with van der Waals surface area (Å²) in [4.78, 5) is 6.94. The first-order chi connectivity index (χ1) is 12.3. The number of aliphatic imine (C=N–C) groups is 1. The average molecular weight is 345 g/mol. The van der Waals surface area contributed by atoms with Crippen molar-refractivity contribution in [2.45, 2.75) is 38.7 Å². The molecule has 3 rings (SSSR count). The maximum absolute atomic E-state index is 5.98. The Labute approximate surface area is 151 Å². The zero-order valence-corrected chi connectivity index (χ0v) is 15.6. The first kappa shape index (κ1) is 18.1. The number of piperidine rings is 1. The standard InChI is InChI=1S/C20H32N4O/c1-3-10-24-11-8-16(9-12-24)14-22-20(21-2)23-15-18-13-17-6-4-5-7-19(17)25-18/h4-7,16,18H,3,8-15H2,1-2H3,(H2,21,22,23). The quantitative estimate of drug-likeness (QED) is 0.614. The zero-order valence-electron chi connectivity index (χ0n) is 15.6. The Bertz CT molecular complexity index is 542. The molecule has 0 bridgehead atoms. The van der Waals surface area contributed by atoms with Crippen LogP contribution in [0.15, 0.2) is 29.3 Å². The second kappa shape index (κ2) is 9.09. The molecule has 0 saturated carbocycles. The fourth-order valence-electron chi connectivity index (χ4n) is 3.77. The van der Waals surface area contributed by atoms with Gasteiger partial charge in [-0.1, -0.05) is 25.1 Å². The van der Waals surface area contributed by atoms with Gasteiger partial charge in [0.15, 0.2) is 5.96 Å². The van der Waals surface area contributed by atoms with Gasteiger partial charge < -0.3 is 20.3 Å². The number of ether oxygens (including phenoxy) is 1. The molecular weight excluding hydrogens is 312 g/mol. The molecule has 0 aliphatic carbocycles. The molecule has 2 aliphatic rings. The lowest BCUT2D eigenvalue weighted by Gasteiger charge is -2.32. The highest BCUT2D eigenvalue weighted by Crippen LogP contribution is 2.27. The van der Waals surface area contributed by atoms with Crippen molar-refractivity contribution < 1.29 is 4.74 Å². The fourth-order valence-corrected chi connectivity index (χ4v) is 3.77. The van der Waals surface area contributed by atoms with Crippen LogP contribution in [0.2, 0.25) is 0 Å². The van der Waals surface area contributed by atoms with Gasteiger partial charge in [0.05, 0.1) is 6.54 Å². The molecule has 1 fully saturated rings. The van der Waals surface area contributed by atoms with Crippen LogP contribution in [-0.2, 0) is 6.42 Å². The normalized spacial score (nSPS) is 21.7. The minimum absolute atomic E-state index is 0.188. The average Bonchev–Trinajstić information content (AvgIpc) is 3.06. The van der Waals surface area contributed by atoms with Gasteiger partial charge in [0.25, 0.3) is 0 Å². The Morgan fingerprint density at radius 3 is 2.68 bits per heavy atom. The number of nitrogens with zero attached hydrogens (tertiary/aromatic N) is 2. The Kier molecular flexibility index (Phi) is 6.56. The van der Waals surface area contributed by atoms with E-state index in [-0.39, 0.29) is 6.10 Å². The van der Waals surface area contributed by atoms with E-state index in [1.54, 1.807) is 0 Å². The molecule has 138 valence electrons. The molecule has 2 N–H and O–H groups in total. The highest BCUT2D eigenvalue weighted by molar-refractivity contribution is 5.79. The number of guanidine groups is 1. The van der Waals surface area contributed by atoms with Crippen molar-refractivity contribution in [3.05, 3.63) is 29.8 Å². The van der Waals surface area contributed by atoms with E-state index in [1.165, 1.54) is 44.5 Å². The third kappa shape index (κ3) is 5.11. The third-order valence-electron chi connectivity index (χ3n) is 5.24. The van der Waals surface area contributed by atoms with Crippen LogP contribution in [0.5, 0.6) is 5.75 Å². The van der Waals surface area contributed by atoms with Crippen molar-refractivity contribution in [2.24, 2.45) is 10.9 Å². The molecule has 2 heterocycles. The van der Waals surface area contributed by atoms with Crippen LogP contribution < -0.4 is 15.4 Å². The van der Waals surface area contributed by atoms with Crippen molar-refractivity contribution in [1.82, 2.24) is 15.5 Å². The van der Waals surface area contributed by atoms with Gasteiger partial charge in [-0.15, -0.1) is 0 Å². The molecule has 1 aromatic rings. The second-order valence-electron chi connectivity index (χ2n) is 7.17. The van der Waals surface area contributed by atoms with E-state index in [4.69, 9.17) is 4.74 Å². The van der Waals surface area contributed by atoms with Gasteiger partial charge in [-0.25, -0.2) is 0 Å². The van der Waals surface area contributed by atoms with Gasteiger partial charge in [-0.2, -0.15) is 0 Å². The lowest BCUT2D eigenvalue weighted by molar-refractivity contribution is 0.185. The van der Waals surface area contributed by atoms with Gasteiger partial charge in [0, 0.05) is 20.0 Å².